The maximum atomic E-state index is 9.54. The third-order valence-corrected chi connectivity index (χ3v) is 24.9. The van der Waals surface area contributed by atoms with Gasteiger partial charge >= 0.3 is 0 Å². The zero-order valence-electron chi connectivity index (χ0n) is 65.4. The fourth-order valence-corrected chi connectivity index (χ4v) is 19.4. The Morgan fingerprint density at radius 2 is 0.726 bits per heavy atom. The van der Waals surface area contributed by atoms with Crippen molar-refractivity contribution in [2.75, 3.05) is 0 Å². The summed E-state index contributed by atoms with van der Waals surface area (Å²) in [5.41, 5.74) is 34.3. The quantitative estimate of drug-likeness (QED) is 0.146. The Balaban J connectivity index is 0.000000110. The lowest BCUT2D eigenvalue weighted by atomic mass is 9.82. The van der Waals surface area contributed by atoms with Crippen molar-refractivity contribution in [1.82, 2.24) is 34.5 Å². The summed E-state index contributed by atoms with van der Waals surface area (Å²) in [7, 11) is 0. The molecular formula is C108H75N9. The summed E-state index contributed by atoms with van der Waals surface area (Å²) in [4.78, 5) is 34.9. The van der Waals surface area contributed by atoms with Crippen molar-refractivity contribution in [1.29, 1.82) is 5.26 Å². The van der Waals surface area contributed by atoms with Crippen molar-refractivity contribution in [3.8, 4) is 113 Å². The van der Waals surface area contributed by atoms with E-state index in [0.29, 0.717) is 17.1 Å². The highest BCUT2D eigenvalue weighted by atomic mass is 15.1. The highest BCUT2D eigenvalue weighted by Gasteiger charge is 2.41. The van der Waals surface area contributed by atoms with E-state index in [-0.39, 0.29) is 22.2 Å². The molecule has 0 N–H and O–H groups in total. The number of rotatable bonds is 7. The summed E-state index contributed by atoms with van der Waals surface area (Å²) < 4.78 is 2.33. The monoisotopic (exact) mass is 1500 g/mol. The number of benzene rings is 15. The Kier molecular flexibility index (Phi) is 16.3. The maximum absolute atomic E-state index is 9.54. The molecule has 9 heteroatoms. The van der Waals surface area contributed by atoms with E-state index in [4.69, 9.17) is 36.5 Å². The topological polar surface area (TPSA) is 110 Å². The van der Waals surface area contributed by atoms with Crippen LogP contribution in [0.3, 0.4) is 0 Å². The lowest BCUT2D eigenvalue weighted by molar-refractivity contribution is 0.660. The number of para-hydroxylation sites is 4. The number of nitrogens with zero attached hydrogens (tertiary/aromatic N) is 9. The number of hydrogen-bond acceptors (Lipinski definition) is 7. The molecule has 117 heavy (non-hydrogen) atoms. The molecule has 23 rings (SSSR count). The molecule has 0 spiro atoms. The third kappa shape index (κ3) is 11.1. The van der Waals surface area contributed by atoms with Crippen LogP contribution >= 0.6 is 0 Å². The molecule has 0 atom stereocenters. The molecule has 0 saturated heterocycles. The number of fused-ring (bicyclic) bond motifs is 18. The molecule has 0 radical (unpaired) electrons. The normalized spacial score (nSPS) is 13.7. The van der Waals surface area contributed by atoms with Crippen LogP contribution in [0.25, 0.3) is 166 Å². The van der Waals surface area contributed by atoms with Crippen LogP contribution in [-0.4, -0.2) is 34.5 Å². The van der Waals surface area contributed by atoms with Gasteiger partial charge in [-0.15, -0.1) is 0 Å². The van der Waals surface area contributed by atoms with E-state index in [2.05, 4.69) is 354 Å². The first-order chi connectivity index (χ1) is 57.2. The molecule has 19 aromatic rings. The largest absolute Gasteiger partial charge is 0.293 e. The summed E-state index contributed by atoms with van der Waals surface area (Å²) in [6.07, 6.45) is 0. The molecule has 9 nitrogen and oxygen atoms in total. The van der Waals surface area contributed by atoms with Crippen molar-refractivity contribution in [3.05, 3.63) is 407 Å². The molecule has 0 saturated carbocycles. The molecular weight excluding hydrogens is 1420 g/mol. The predicted octanol–water partition coefficient (Wildman–Crippen LogP) is 26.8. The van der Waals surface area contributed by atoms with Gasteiger partial charge in [0, 0.05) is 65.4 Å². The summed E-state index contributed by atoms with van der Waals surface area (Å²) in [5.74, 6) is 3.14. The first kappa shape index (κ1) is 70.0. The first-order valence-corrected chi connectivity index (χ1v) is 39.9. The van der Waals surface area contributed by atoms with Gasteiger partial charge in [-0.25, -0.2) is 34.7 Å². The van der Waals surface area contributed by atoms with Crippen LogP contribution in [0.5, 0.6) is 0 Å². The Hall–Kier alpha value is -14.9. The van der Waals surface area contributed by atoms with Crippen molar-refractivity contribution in [3.63, 3.8) is 0 Å². The predicted molar refractivity (Wildman–Crippen MR) is 477 cm³/mol. The van der Waals surface area contributed by atoms with Gasteiger partial charge in [0.05, 0.1) is 57.5 Å². The minimum Gasteiger partial charge on any atom is -0.293 e. The molecule has 552 valence electrons. The molecule has 4 aromatic heterocycles. The Bertz CT molecular complexity index is 7400. The van der Waals surface area contributed by atoms with Gasteiger partial charge in [-0.2, -0.15) is 5.26 Å². The fourth-order valence-electron chi connectivity index (χ4n) is 19.4. The number of hydrogen-bond donors (Lipinski definition) is 0. The molecule has 0 amide bonds. The smallest absolute Gasteiger partial charge is 0.189 e. The van der Waals surface area contributed by atoms with Gasteiger partial charge in [0.1, 0.15) is 5.82 Å². The molecule has 0 aliphatic heterocycles. The van der Waals surface area contributed by atoms with Crippen LogP contribution in [0.2, 0.25) is 0 Å². The number of aromatic nitrogens is 7. The van der Waals surface area contributed by atoms with Crippen LogP contribution < -0.4 is 0 Å². The zero-order valence-corrected chi connectivity index (χ0v) is 65.4. The van der Waals surface area contributed by atoms with E-state index in [9.17, 15) is 5.26 Å². The van der Waals surface area contributed by atoms with Gasteiger partial charge in [0.2, 0.25) is 0 Å². The Morgan fingerprint density at radius 3 is 1.26 bits per heavy atom. The average Bonchev–Trinajstić information content (AvgIpc) is 1.58. The lowest BCUT2D eigenvalue weighted by Gasteiger charge is -2.21. The average molecular weight is 1500 g/mol. The van der Waals surface area contributed by atoms with Crippen LogP contribution in [0.1, 0.15) is 103 Å². The summed E-state index contributed by atoms with van der Waals surface area (Å²) in [6, 6.07) is 121. The van der Waals surface area contributed by atoms with Gasteiger partial charge < -0.3 is 0 Å². The highest BCUT2D eigenvalue weighted by Crippen LogP contribution is 2.57. The van der Waals surface area contributed by atoms with Crippen LogP contribution in [0.4, 0.5) is 5.69 Å². The maximum Gasteiger partial charge on any atom is 0.189 e. The minimum atomic E-state index is -0.118. The van der Waals surface area contributed by atoms with Crippen LogP contribution in [-0.2, 0) is 16.2 Å². The van der Waals surface area contributed by atoms with Gasteiger partial charge in [-0.3, -0.25) is 4.57 Å². The van der Waals surface area contributed by atoms with E-state index >= 15 is 0 Å². The second-order valence-corrected chi connectivity index (χ2v) is 32.5. The summed E-state index contributed by atoms with van der Waals surface area (Å²) in [5, 5.41) is 15.0. The molecule has 0 bridgehead atoms. The fraction of sp³-hybridized carbons (Fsp3) is 0.0926. The Labute approximate surface area is 679 Å². The second-order valence-electron chi connectivity index (χ2n) is 32.5. The second kappa shape index (κ2) is 27.2. The molecule has 4 aliphatic carbocycles. The lowest BCUT2D eigenvalue weighted by Crippen LogP contribution is -2.14. The molecule has 4 heterocycles. The highest BCUT2D eigenvalue weighted by molar-refractivity contribution is 6.12. The SMILES string of the molecule is CC1(C)c2ccccc2-c2c(-c3nc(-n4c5ccccc5c5cc(-c6ccccc6)ccc54)c4ccccc4n3)cccc21.CC1(C)c2ccccc2-c2c(-c3nc(C4c5ccccc5-c5ccccc54)c4ccccc4n3)cccc21.[C-]#[N+]c1cc(C#N)cc(-c2nc(-c3cccc4c3-c3ccccc3C4(C)C)nc3ccccc23)c1. The Morgan fingerprint density at radius 1 is 0.316 bits per heavy atom. The van der Waals surface area contributed by atoms with E-state index < -0.39 is 0 Å². The van der Waals surface area contributed by atoms with E-state index in [1.165, 1.54) is 111 Å². The first-order valence-electron chi connectivity index (χ1n) is 39.9. The van der Waals surface area contributed by atoms with E-state index in [1.807, 2.05) is 24.3 Å². The van der Waals surface area contributed by atoms with Gasteiger partial charge in [-0.1, -0.05) is 321 Å². The van der Waals surface area contributed by atoms with Gasteiger partial charge in [0.25, 0.3) is 0 Å². The molecule has 4 aliphatic rings. The summed E-state index contributed by atoms with van der Waals surface area (Å²) >= 11 is 0. The van der Waals surface area contributed by atoms with E-state index in [0.717, 1.165) is 94.9 Å². The van der Waals surface area contributed by atoms with Crippen molar-refractivity contribution < 1.29 is 0 Å². The molecule has 0 fully saturated rings. The summed E-state index contributed by atoms with van der Waals surface area (Å²) in [6.45, 7) is 21.3. The van der Waals surface area contributed by atoms with E-state index in [1.54, 1.807) is 18.2 Å². The standard InChI is InChI=1S/C41H29N3.C36H26N2.C31H20N4/c1-41(2)33-19-9-6-16-29(33)38-31(18-12-20-34(38)41)39-42-35-21-10-7-17-30(35)40(43-39)44-36-22-11-8-15-28(36)32-25-27(23-24-37(32)44)26-13-4-3-5-14-26;1-36(2)29-19-9-7-16-26(29)32-28(18-11-20-30(32)36)35-37-31-21-10-8-17-27(31)34(38-35)33-24-14-5-3-12-22(24)23-13-4-6-15-25(23)33;1-31(2)25-12-6-4-9-22(25)28-24(11-8-13-26(28)31)30-34-27-14-7-5-10-23(27)29(35-30)20-15-19(18-32)16-21(17-20)33-3/h3-25H,1-2H3;3-21,33H,1-2H3;4-17H,1-2H3. The van der Waals surface area contributed by atoms with Crippen LogP contribution in [0, 0.1) is 17.9 Å². The molecule has 15 aromatic carbocycles. The van der Waals surface area contributed by atoms with Crippen molar-refractivity contribution in [2.24, 2.45) is 0 Å². The third-order valence-electron chi connectivity index (χ3n) is 24.9. The molecule has 0 unspecified atom stereocenters. The van der Waals surface area contributed by atoms with Gasteiger partial charge in [0.15, 0.2) is 23.2 Å². The number of nitriles is 1. The van der Waals surface area contributed by atoms with Crippen LogP contribution in [0.15, 0.2) is 340 Å². The van der Waals surface area contributed by atoms with Crippen molar-refractivity contribution >= 4 is 60.2 Å². The van der Waals surface area contributed by atoms with Crippen molar-refractivity contribution in [2.45, 2.75) is 63.7 Å². The zero-order chi connectivity index (χ0) is 79.0. The minimum absolute atomic E-state index is 0.0644. The van der Waals surface area contributed by atoms with Gasteiger partial charge in [-0.05, 0) is 166 Å².